The van der Waals surface area contributed by atoms with Crippen molar-refractivity contribution in [3.8, 4) is 0 Å². The van der Waals surface area contributed by atoms with Crippen molar-refractivity contribution in [2.24, 2.45) is 5.92 Å². The van der Waals surface area contributed by atoms with E-state index in [0.29, 0.717) is 12.5 Å². The largest absolute Gasteiger partial charge is 0.394 e. The molecule has 1 aromatic rings. The Morgan fingerprint density at radius 2 is 2.00 bits per heavy atom. The molecule has 0 aromatic heterocycles. The molecule has 0 saturated carbocycles. The Kier molecular flexibility index (Phi) is 5.85. The van der Waals surface area contributed by atoms with E-state index in [9.17, 15) is 17.2 Å². The third kappa shape index (κ3) is 4.39. The molecule has 1 rings (SSSR count). The summed E-state index contributed by atoms with van der Waals surface area (Å²) in [5, 5.41) is 0. The molecule has 0 bridgehead atoms. The van der Waals surface area contributed by atoms with Gasteiger partial charge >= 0.3 is 0 Å². The van der Waals surface area contributed by atoms with Crippen LogP contribution in [0.2, 0.25) is 0 Å². The zero-order valence-electron chi connectivity index (χ0n) is 11.3. The second-order valence-corrected chi connectivity index (χ2v) is 6.38. The van der Waals surface area contributed by atoms with E-state index in [4.69, 9.17) is 10.5 Å². The molecule has 3 N–H and O–H groups in total. The van der Waals surface area contributed by atoms with Crippen LogP contribution in [0, 0.1) is 17.6 Å². The van der Waals surface area contributed by atoms with Crippen LogP contribution < -0.4 is 10.5 Å². The van der Waals surface area contributed by atoms with Crippen molar-refractivity contribution in [1.29, 1.82) is 0 Å². The van der Waals surface area contributed by atoms with Crippen LogP contribution in [0.5, 0.6) is 0 Å². The summed E-state index contributed by atoms with van der Waals surface area (Å²) in [4.78, 5) is -0.680. The Balaban J connectivity index is 2.68. The minimum Gasteiger partial charge on any atom is -0.394 e. The van der Waals surface area contributed by atoms with E-state index in [-0.39, 0.29) is 13.2 Å². The van der Waals surface area contributed by atoms with Gasteiger partial charge in [0.1, 0.15) is 16.4 Å². The Morgan fingerprint density at radius 3 is 2.60 bits per heavy atom. The molecule has 0 amide bonds. The lowest BCUT2D eigenvalue weighted by Gasteiger charge is -2.10. The summed E-state index contributed by atoms with van der Waals surface area (Å²) in [6.45, 7) is 4.57. The second kappa shape index (κ2) is 6.96. The topological polar surface area (TPSA) is 81.4 Å². The predicted octanol–water partition coefficient (Wildman–Crippen LogP) is 1.50. The number of hydrogen-bond donors (Lipinski definition) is 2. The van der Waals surface area contributed by atoms with Gasteiger partial charge in [-0.2, -0.15) is 0 Å². The number of hydrogen-bond acceptors (Lipinski definition) is 4. The standard InChI is InChI=1S/C12H18F2N2O3S/c1-8(2)7-19-6-5-16-20(17,18)10-4-3-9(13)12(15)11(10)14/h3-4,8,16H,5-7,15H2,1-2H3. The van der Waals surface area contributed by atoms with Crippen LogP contribution in [0.15, 0.2) is 17.0 Å². The van der Waals surface area contributed by atoms with Gasteiger partial charge in [-0.1, -0.05) is 13.8 Å². The summed E-state index contributed by atoms with van der Waals surface area (Å²) in [5.41, 5.74) is 4.31. The Hall–Kier alpha value is -1.25. The van der Waals surface area contributed by atoms with Gasteiger partial charge in [-0.15, -0.1) is 0 Å². The lowest BCUT2D eigenvalue weighted by Crippen LogP contribution is -2.28. The third-order valence-corrected chi connectivity index (χ3v) is 3.85. The van der Waals surface area contributed by atoms with Crippen LogP contribution >= 0.6 is 0 Å². The van der Waals surface area contributed by atoms with Crippen molar-refractivity contribution in [2.75, 3.05) is 25.5 Å². The van der Waals surface area contributed by atoms with Gasteiger partial charge in [0.25, 0.3) is 0 Å². The van der Waals surface area contributed by atoms with E-state index in [2.05, 4.69) is 4.72 Å². The SMILES string of the molecule is CC(C)COCCNS(=O)(=O)c1ccc(F)c(N)c1F. The molecule has 5 nitrogen and oxygen atoms in total. The van der Waals surface area contributed by atoms with Gasteiger partial charge < -0.3 is 10.5 Å². The van der Waals surface area contributed by atoms with Crippen molar-refractivity contribution in [3.05, 3.63) is 23.8 Å². The maximum atomic E-state index is 13.6. The Morgan fingerprint density at radius 1 is 1.35 bits per heavy atom. The number of nitrogen functional groups attached to an aromatic ring is 1. The molecule has 1 aromatic carbocycles. The quantitative estimate of drug-likeness (QED) is 0.591. The highest BCUT2D eigenvalue weighted by Gasteiger charge is 2.22. The van der Waals surface area contributed by atoms with Gasteiger partial charge in [-0.25, -0.2) is 21.9 Å². The first-order valence-electron chi connectivity index (χ1n) is 6.06. The van der Waals surface area contributed by atoms with Crippen molar-refractivity contribution in [1.82, 2.24) is 4.72 Å². The van der Waals surface area contributed by atoms with Gasteiger partial charge in [0.2, 0.25) is 10.0 Å². The fourth-order valence-corrected chi connectivity index (χ4v) is 2.50. The van der Waals surface area contributed by atoms with E-state index in [1.54, 1.807) is 0 Å². The molecule has 0 unspecified atom stereocenters. The first-order valence-corrected chi connectivity index (χ1v) is 7.55. The Labute approximate surface area is 117 Å². The molecule has 0 atom stereocenters. The third-order valence-electron chi connectivity index (χ3n) is 2.37. The molecule has 8 heteroatoms. The molecule has 114 valence electrons. The summed E-state index contributed by atoms with van der Waals surface area (Å²) in [5.74, 6) is -1.96. The molecular formula is C12H18F2N2O3S. The number of nitrogens with one attached hydrogen (secondary N) is 1. The van der Waals surface area contributed by atoms with Gasteiger partial charge in [-0.05, 0) is 18.1 Å². The summed E-state index contributed by atoms with van der Waals surface area (Å²) in [6, 6.07) is 1.64. The molecule has 0 aliphatic rings. The van der Waals surface area contributed by atoms with E-state index < -0.39 is 32.2 Å². The fraction of sp³-hybridized carbons (Fsp3) is 0.500. The number of anilines is 1. The highest BCUT2D eigenvalue weighted by Crippen LogP contribution is 2.22. The number of nitrogens with two attached hydrogens (primary N) is 1. The van der Waals surface area contributed by atoms with E-state index >= 15 is 0 Å². The number of halogens is 2. The zero-order chi connectivity index (χ0) is 15.3. The van der Waals surface area contributed by atoms with Crippen LogP contribution in [-0.2, 0) is 14.8 Å². The smallest absolute Gasteiger partial charge is 0.243 e. The molecule has 0 aliphatic carbocycles. The van der Waals surface area contributed by atoms with Crippen molar-refractivity contribution >= 4 is 15.7 Å². The molecule has 0 aliphatic heterocycles. The molecule has 0 fully saturated rings. The van der Waals surface area contributed by atoms with Crippen molar-refractivity contribution in [2.45, 2.75) is 18.7 Å². The summed E-state index contributed by atoms with van der Waals surface area (Å²) in [6.07, 6.45) is 0. The van der Waals surface area contributed by atoms with Crippen LogP contribution in [0.3, 0.4) is 0 Å². The number of benzene rings is 1. The van der Waals surface area contributed by atoms with E-state index in [0.717, 1.165) is 12.1 Å². The minimum atomic E-state index is -4.08. The second-order valence-electron chi connectivity index (χ2n) is 4.64. The first kappa shape index (κ1) is 16.8. The van der Waals surface area contributed by atoms with Crippen LogP contribution in [0.25, 0.3) is 0 Å². The monoisotopic (exact) mass is 308 g/mol. The van der Waals surface area contributed by atoms with Crippen LogP contribution in [-0.4, -0.2) is 28.2 Å². The lowest BCUT2D eigenvalue weighted by molar-refractivity contribution is 0.114. The van der Waals surface area contributed by atoms with Gasteiger partial charge in [0.05, 0.1) is 6.61 Å². The zero-order valence-corrected chi connectivity index (χ0v) is 12.1. The van der Waals surface area contributed by atoms with Gasteiger partial charge in [0.15, 0.2) is 5.82 Å². The molecular weight excluding hydrogens is 290 g/mol. The van der Waals surface area contributed by atoms with E-state index in [1.165, 1.54) is 0 Å². The molecule has 20 heavy (non-hydrogen) atoms. The number of ether oxygens (including phenoxy) is 1. The summed E-state index contributed by atoms with van der Waals surface area (Å²) < 4.78 is 57.6. The van der Waals surface area contributed by atoms with Crippen LogP contribution in [0.1, 0.15) is 13.8 Å². The average molecular weight is 308 g/mol. The summed E-state index contributed by atoms with van der Waals surface area (Å²) in [7, 11) is -4.08. The maximum absolute atomic E-state index is 13.6. The first-order chi connectivity index (χ1) is 9.25. The normalized spacial score (nSPS) is 12.1. The highest BCUT2D eigenvalue weighted by atomic mass is 32.2. The van der Waals surface area contributed by atoms with Gasteiger partial charge in [0, 0.05) is 13.2 Å². The van der Waals surface area contributed by atoms with E-state index in [1.807, 2.05) is 13.8 Å². The molecule has 0 radical (unpaired) electrons. The van der Waals surface area contributed by atoms with Crippen LogP contribution in [0.4, 0.5) is 14.5 Å². The van der Waals surface area contributed by atoms with Crippen molar-refractivity contribution < 1.29 is 21.9 Å². The molecule has 0 saturated heterocycles. The Bertz CT molecular complexity index is 562. The average Bonchev–Trinajstić information content (AvgIpc) is 2.34. The van der Waals surface area contributed by atoms with Gasteiger partial charge in [-0.3, -0.25) is 0 Å². The molecule has 0 spiro atoms. The maximum Gasteiger partial charge on any atom is 0.243 e. The minimum absolute atomic E-state index is 0.00816. The highest BCUT2D eigenvalue weighted by molar-refractivity contribution is 7.89. The predicted molar refractivity (Wildman–Crippen MR) is 71.6 cm³/mol. The number of rotatable bonds is 7. The fourth-order valence-electron chi connectivity index (χ4n) is 1.40. The summed E-state index contributed by atoms with van der Waals surface area (Å²) >= 11 is 0. The van der Waals surface area contributed by atoms with Crippen molar-refractivity contribution in [3.63, 3.8) is 0 Å². The number of sulfonamides is 1. The lowest BCUT2D eigenvalue weighted by atomic mass is 10.2. The molecule has 0 heterocycles.